The Kier molecular flexibility index (Phi) is 4.64. The molecule has 0 unspecified atom stereocenters. The molecule has 0 bridgehead atoms. The topological polar surface area (TPSA) is 72.2 Å². The van der Waals surface area contributed by atoms with Gasteiger partial charge in [-0.05, 0) is 19.7 Å². The lowest BCUT2D eigenvalue weighted by Gasteiger charge is -2.09. The van der Waals surface area contributed by atoms with Crippen molar-refractivity contribution in [3.8, 4) is 21.1 Å². The zero-order chi connectivity index (χ0) is 17.1. The van der Waals surface area contributed by atoms with Crippen molar-refractivity contribution in [1.29, 1.82) is 0 Å². The van der Waals surface area contributed by atoms with Crippen molar-refractivity contribution in [3.05, 3.63) is 64.2 Å². The second kappa shape index (κ2) is 6.86. The fourth-order valence-electron chi connectivity index (χ4n) is 2.33. The average molecular weight is 340 g/mol. The van der Waals surface area contributed by atoms with Crippen LogP contribution in [0.1, 0.15) is 5.56 Å². The quantitative estimate of drug-likeness (QED) is 0.521. The highest BCUT2D eigenvalue weighted by Crippen LogP contribution is 2.31. The van der Waals surface area contributed by atoms with Gasteiger partial charge in [-0.25, -0.2) is 0 Å². The third kappa shape index (κ3) is 3.64. The van der Waals surface area contributed by atoms with Gasteiger partial charge in [-0.3, -0.25) is 10.1 Å². The summed E-state index contributed by atoms with van der Waals surface area (Å²) in [5.74, 6) is 0. The van der Waals surface area contributed by atoms with Crippen molar-refractivity contribution in [2.45, 2.75) is 6.54 Å². The van der Waals surface area contributed by atoms with Gasteiger partial charge in [0.25, 0.3) is 5.69 Å². The molecule has 7 heteroatoms. The number of nitro groups is 1. The average Bonchev–Trinajstić information content (AvgIpc) is 3.05. The molecule has 1 aromatic heterocycles. The van der Waals surface area contributed by atoms with Gasteiger partial charge in [-0.15, -0.1) is 10.2 Å². The Morgan fingerprint density at radius 1 is 1.04 bits per heavy atom. The number of nitro benzene ring substituents is 1. The van der Waals surface area contributed by atoms with E-state index in [2.05, 4.69) is 27.2 Å². The minimum atomic E-state index is -0.408. The molecule has 0 atom stereocenters. The molecule has 1 heterocycles. The first-order valence-electron chi connectivity index (χ1n) is 7.35. The van der Waals surface area contributed by atoms with Gasteiger partial charge < -0.3 is 4.90 Å². The van der Waals surface area contributed by atoms with E-state index in [1.54, 1.807) is 12.1 Å². The molecule has 3 rings (SSSR count). The van der Waals surface area contributed by atoms with Crippen LogP contribution in [0, 0.1) is 10.1 Å². The van der Waals surface area contributed by atoms with Gasteiger partial charge in [0.1, 0.15) is 10.0 Å². The molecule has 0 saturated carbocycles. The molecule has 0 amide bonds. The van der Waals surface area contributed by atoms with Crippen LogP contribution < -0.4 is 0 Å². The maximum absolute atomic E-state index is 10.9. The van der Waals surface area contributed by atoms with E-state index in [1.165, 1.54) is 29.0 Å². The molecule has 2 aromatic carbocycles. The van der Waals surface area contributed by atoms with E-state index >= 15 is 0 Å². The van der Waals surface area contributed by atoms with Crippen LogP contribution in [0.15, 0.2) is 48.5 Å². The second-order valence-corrected chi connectivity index (χ2v) is 6.63. The lowest BCUT2D eigenvalue weighted by molar-refractivity contribution is -0.384. The number of rotatable bonds is 5. The molecule has 6 nitrogen and oxygen atoms in total. The van der Waals surface area contributed by atoms with Gasteiger partial charge in [0.15, 0.2) is 0 Å². The molecule has 3 aromatic rings. The molecule has 122 valence electrons. The van der Waals surface area contributed by atoms with E-state index in [0.717, 1.165) is 17.1 Å². The molecule has 0 fully saturated rings. The number of nitrogens with zero attached hydrogens (tertiary/aromatic N) is 4. The van der Waals surface area contributed by atoms with E-state index in [-0.39, 0.29) is 5.69 Å². The predicted octanol–water partition coefficient (Wildman–Crippen LogP) is 3.84. The lowest BCUT2D eigenvalue weighted by atomic mass is 10.1. The summed E-state index contributed by atoms with van der Waals surface area (Å²) in [7, 11) is 4.06. The minimum absolute atomic E-state index is 0.0530. The molecule has 0 spiro atoms. The Bertz CT molecular complexity index is 859. The van der Waals surface area contributed by atoms with E-state index in [4.69, 9.17) is 0 Å². The summed E-state index contributed by atoms with van der Waals surface area (Å²) in [6, 6.07) is 14.6. The van der Waals surface area contributed by atoms with Gasteiger partial charge >= 0.3 is 0 Å². The van der Waals surface area contributed by atoms with Gasteiger partial charge in [-0.2, -0.15) is 0 Å². The third-order valence-corrected chi connectivity index (χ3v) is 4.45. The minimum Gasteiger partial charge on any atom is -0.305 e. The first-order chi connectivity index (χ1) is 11.5. The largest absolute Gasteiger partial charge is 0.305 e. The molecular formula is C17H16N4O2S. The maximum atomic E-state index is 10.9. The monoisotopic (exact) mass is 340 g/mol. The van der Waals surface area contributed by atoms with Crippen molar-refractivity contribution in [3.63, 3.8) is 0 Å². The summed E-state index contributed by atoms with van der Waals surface area (Å²) in [6.07, 6.45) is 0. The molecule has 0 N–H and O–H groups in total. The molecular weight excluding hydrogens is 324 g/mol. The summed E-state index contributed by atoms with van der Waals surface area (Å²) in [5.41, 5.74) is 2.98. The summed E-state index contributed by atoms with van der Waals surface area (Å²) in [4.78, 5) is 12.6. The van der Waals surface area contributed by atoms with Crippen molar-refractivity contribution in [2.24, 2.45) is 0 Å². The van der Waals surface area contributed by atoms with Crippen molar-refractivity contribution < 1.29 is 4.92 Å². The van der Waals surface area contributed by atoms with Crippen molar-refractivity contribution in [2.75, 3.05) is 14.1 Å². The summed E-state index contributed by atoms with van der Waals surface area (Å²) in [5, 5.41) is 20.7. The Hall–Kier alpha value is -2.64. The molecule has 0 aliphatic heterocycles. The number of hydrogen-bond donors (Lipinski definition) is 0. The van der Waals surface area contributed by atoms with Gasteiger partial charge in [0.05, 0.1) is 4.92 Å². The van der Waals surface area contributed by atoms with E-state index in [1.807, 2.05) is 26.2 Å². The van der Waals surface area contributed by atoms with Crippen LogP contribution in [0.4, 0.5) is 5.69 Å². The van der Waals surface area contributed by atoms with E-state index < -0.39 is 4.92 Å². The second-order valence-electron chi connectivity index (χ2n) is 5.65. The number of benzene rings is 2. The Morgan fingerprint density at radius 2 is 1.71 bits per heavy atom. The summed E-state index contributed by atoms with van der Waals surface area (Å²) in [6.45, 7) is 0.884. The zero-order valence-electron chi connectivity index (χ0n) is 13.3. The van der Waals surface area contributed by atoms with E-state index in [9.17, 15) is 10.1 Å². The molecule has 24 heavy (non-hydrogen) atoms. The van der Waals surface area contributed by atoms with Crippen LogP contribution in [0.5, 0.6) is 0 Å². The molecule has 0 saturated heterocycles. The fourth-order valence-corrected chi connectivity index (χ4v) is 3.17. The van der Waals surface area contributed by atoms with Crippen molar-refractivity contribution >= 4 is 17.0 Å². The maximum Gasteiger partial charge on any atom is 0.270 e. The van der Waals surface area contributed by atoms with Gasteiger partial charge in [0.2, 0.25) is 0 Å². The highest BCUT2D eigenvalue weighted by Gasteiger charge is 2.12. The Labute approximate surface area is 143 Å². The molecule has 0 aliphatic rings. The van der Waals surface area contributed by atoms with Crippen LogP contribution in [-0.4, -0.2) is 34.1 Å². The summed E-state index contributed by atoms with van der Waals surface area (Å²) < 4.78 is 0. The van der Waals surface area contributed by atoms with Crippen LogP contribution in [0.3, 0.4) is 0 Å². The van der Waals surface area contributed by atoms with Crippen LogP contribution in [0.25, 0.3) is 21.1 Å². The highest BCUT2D eigenvalue weighted by molar-refractivity contribution is 7.17. The molecule has 0 radical (unpaired) electrons. The first-order valence-corrected chi connectivity index (χ1v) is 8.17. The standard InChI is InChI=1S/C17H16N4O2S/c1-20(2)11-12-6-8-13(9-7-12)16-18-19-17(24-16)14-4-3-5-15(10-14)21(22)23/h3-10H,11H2,1-2H3. The zero-order valence-corrected chi connectivity index (χ0v) is 14.2. The van der Waals surface area contributed by atoms with Gasteiger partial charge in [-0.1, -0.05) is 47.7 Å². The number of aromatic nitrogens is 2. The highest BCUT2D eigenvalue weighted by atomic mass is 32.1. The smallest absolute Gasteiger partial charge is 0.270 e. The third-order valence-electron chi connectivity index (χ3n) is 3.43. The van der Waals surface area contributed by atoms with Gasteiger partial charge in [0, 0.05) is 29.8 Å². The Morgan fingerprint density at radius 3 is 2.33 bits per heavy atom. The van der Waals surface area contributed by atoms with Crippen LogP contribution in [-0.2, 0) is 6.54 Å². The van der Waals surface area contributed by atoms with Crippen LogP contribution in [0.2, 0.25) is 0 Å². The Balaban J connectivity index is 1.85. The summed E-state index contributed by atoms with van der Waals surface area (Å²) >= 11 is 1.42. The first kappa shape index (κ1) is 16.2. The number of hydrogen-bond acceptors (Lipinski definition) is 6. The SMILES string of the molecule is CN(C)Cc1ccc(-c2nnc(-c3cccc([N+](=O)[O-])c3)s2)cc1. The van der Waals surface area contributed by atoms with E-state index in [0.29, 0.717) is 10.6 Å². The van der Waals surface area contributed by atoms with Crippen LogP contribution >= 0.6 is 11.3 Å². The normalized spacial score (nSPS) is 11.0. The predicted molar refractivity (Wildman–Crippen MR) is 94.8 cm³/mol. The number of non-ortho nitro benzene ring substituents is 1. The van der Waals surface area contributed by atoms with Crippen molar-refractivity contribution in [1.82, 2.24) is 15.1 Å². The fraction of sp³-hybridized carbons (Fsp3) is 0.176. The molecule has 0 aliphatic carbocycles. The lowest BCUT2D eigenvalue weighted by Crippen LogP contribution is -2.10.